The zero-order chi connectivity index (χ0) is 26.7. The van der Waals surface area contributed by atoms with Crippen LogP contribution in [0.3, 0.4) is 0 Å². The van der Waals surface area contributed by atoms with Crippen LogP contribution < -0.4 is 5.32 Å². The van der Waals surface area contributed by atoms with Gasteiger partial charge in [-0.05, 0) is 48.9 Å². The van der Waals surface area contributed by atoms with Crippen molar-refractivity contribution < 1.29 is 14.3 Å². The number of esters is 1. The van der Waals surface area contributed by atoms with E-state index in [9.17, 15) is 9.59 Å². The minimum atomic E-state index is -0.986. The number of benzene rings is 3. The summed E-state index contributed by atoms with van der Waals surface area (Å²) in [7, 11) is 1.26. The molecule has 190 valence electrons. The summed E-state index contributed by atoms with van der Waals surface area (Å²) < 4.78 is 6.51. The maximum Gasteiger partial charge on any atom is 0.328 e. The van der Waals surface area contributed by atoms with Crippen LogP contribution in [0.2, 0.25) is 20.1 Å². The summed E-state index contributed by atoms with van der Waals surface area (Å²) in [4.78, 5) is 26.0. The Balaban J connectivity index is 1.77. The molecule has 1 heterocycles. The quantitative estimate of drug-likeness (QED) is 0.241. The Morgan fingerprint density at radius 3 is 2.27 bits per heavy atom. The minimum Gasteiger partial charge on any atom is -0.467 e. The molecule has 0 saturated heterocycles. The van der Waals surface area contributed by atoms with E-state index < -0.39 is 17.9 Å². The number of amides is 1. The second kappa shape index (κ2) is 11.6. The summed E-state index contributed by atoms with van der Waals surface area (Å²) >= 11 is 25.0. The van der Waals surface area contributed by atoms with Crippen molar-refractivity contribution in [2.75, 3.05) is 7.11 Å². The molecule has 3 aromatic carbocycles. The number of nitrogens with one attached hydrogen (secondary N) is 1. The minimum absolute atomic E-state index is 0.115. The number of hydrogen-bond donors (Lipinski definition) is 1. The van der Waals surface area contributed by atoms with Crippen LogP contribution in [-0.2, 0) is 16.0 Å². The van der Waals surface area contributed by atoms with Gasteiger partial charge in [0.25, 0.3) is 5.91 Å². The van der Waals surface area contributed by atoms with E-state index in [0.29, 0.717) is 42.6 Å². The number of methoxy groups -OCH3 is 1. The Hall–Kier alpha value is -3.03. The van der Waals surface area contributed by atoms with E-state index in [4.69, 9.17) is 51.1 Å². The van der Waals surface area contributed by atoms with Gasteiger partial charge in [-0.25, -0.2) is 9.48 Å². The Labute approximate surface area is 234 Å². The largest absolute Gasteiger partial charge is 0.467 e. The highest BCUT2D eigenvalue weighted by Crippen LogP contribution is 2.33. The van der Waals surface area contributed by atoms with E-state index in [1.54, 1.807) is 66.2 Å². The van der Waals surface area contributed by atoms with Gasteiger partial charge in [0.2, 0.25) is 0 Å². The SMILES string of the molecule is COC(=O)[C@H](Cc1ccccc1Cl)NC(=O)c1nn(-c2ccc(Cl)cc2Cl)c(-c2ccc(Cl)cc2)c1C. The maximum absolute atomic E-state index is 13.5. The topological polar surface area (TPSA) is 73.2 Å². The molecule has 1 aromatic heterocycles. The Kier molecular flexibility index (Phi) is 8.45. The molecule has 6 nitrogen and oxygen atoms in total. The molecule has 4 rings (SSSR count). The molecule has 0 aliphatic rings. The average molecular weight is 577 g/mol. The fourth-order valence-electron chi connectivity index (χ4n) is 3.93. The lowest BCUT2D eigenvalue weighted by molar-refractivity contribution is -0.142. The van der Waals surface area contributed by atoms with Crippen molar-refractivity contribution >= 4 is 58.3 Å². The molecule has 1 atom stereocenters. The van der Waals surface area contributed by atoms with Gasteiger partial charge < -0.3 is 10.1 Å². The van der Waals surface area contributed by atoms with Crippen LogP contribution in [-0.4, -0.2) is 34.8 Å². The fourth-order valence-corrected chi connectivity index (χ4v) is 4.76. The summed E-state index contributed by atoms with van der Waals surface area (Å²) in [5, 5.41) is 9.21. The molecular weight excluding hydrogens is 556 g/mol. The first-order valence-corrected chi connectivity index (χ1v) is 12.6. The highest BCUT2D eigenvalue weighted by molar-refractivity contribution is 6.35. The van der Waals surface area contributed by atoms with E-state index in [2.05, 4.69) is 10.4 Å². The summed E-state index contributed by atoms with van der Waals surface area (Å²) in [5.74, 6) is -1.16. The highest BCUT2D eigenvalue weighted by atomic mass is 35.5. The summed E-state index contributed by atoms with van der Waals surface area (Å²) in [6.45, 7) is 1.77. The van der Waals surface area contributed by atoms with Crippen LogP contribution in [0.5, 0.6) is 0 Å². The molecule has 0 aliphatic carbocycles. The zero-order valence-electron chi connectivity index (χ0n) is 19.8. The van der Waals surface area contributed by atoms with Gasteiger partial charge in [0.15, 0.2) is 5.69 Å². The number of rotatable bonds is 7. The molecule has 0 spiro atoms. The zero-order valence-corrected chi connectivity index (χ0v) is 22.8. The van der Waals surface area contributed by atoms with Gasteiger partial charge in [-0.3, -0.25) is 4.79 Å². The van der Waals surface area contributed by atoms with Crippen LogP contribution in [0, 0.1) is 6.92 Å². The third-order valence-corrected chi connectivity index (χ3v) is 6.92. The van der Waals surface area contributed by atoms with Gasteiger partial charge in [0.1, 0.15) is 6.04 Å². The average Bonchev–Trinajstić information content (AvgIpc) is 3.21. The first-order chi connectivity index (χ1) is 17.7. The van der Waals surface area contributed by atoms with Crippen LogP contribution in [0.1, 0.15) is 21.6 Å². The molecule has 0 aliphatic heterocycles. The van der Waals surface area contributed by atoms with Crippen molar-refractivity contribution in [1.82, 2.24) is 15.1 Å². The Morgan fingerprint density at radius 1 is 0.946 bits per heavy atom. The number of halogens is 4. The van der Waals surface area contributed by atoms with Crippen molar-refractivity contribution in [1.29, 1.82) is 0 Å². The summed E-state index contributed by atoms with van der Waals surface area (Å²) in [5.41, 5.74) is 3.30. The predicted molar refractivity (Wildman–Crippen MR) is 147 cm³/mol. The molecule has 0 unspecified atom stereocenters. The first-order valence-electron chi connectivity index (χ1n) is 11.1. The van der Waals surface area contributed by atoms with E-state index in [1.807, 2.05) is 12.1 Å². The summed E-state index contributed by atoms with van der Waals surface area (Å²) in [6.07, 6.45) is 0.144. The van der Waals surface area contributed by atoms with Gasteiger partial charge >= 0.3 is 5.97 Å². The van der Waals surface area contributed by atoms with Gasteiger partial charge in [0, 0.05) is 32.6 Å². The molecule has 0 radical (unpaired) electrons. The molecule has 1 N–H and O–H groups in total. The van der Waals surface area contributed by atoms with Gasteiger partial charge in [0.05, 0.1) is 23.5 Å². The smallest absolute Gasteiger partial charge is 0.328 e. The molecular formula is C27H21Cl4N3O3. The van der Waals surface area contributed by atoms with Gasteiger partial charge in [-0.15, -0.1) is 0 Å². The number of carbonyl (C=O) groups excluding carboxylic acids is 2. The lowest BCUT2D eigenvalue weighted by Gasteiger charge is -2.17. The lowest BCUT2D eigenvalue weighted by atomic mass is 10.0. The van der Waals surface area contributed by atoms with Gasteiger partial charge in [-0.1, -0.05) is 76.7 Å². The number of nitrogens with zero attached hydrogens (tertiary/aromatic N) is 2. The van der Waals surface area contributed by atoms with E-state index in [-0.39, 0.29) is 12.1 Å². The third-order valence-electron chi connectivity index (χ3n) is 5.77. The van der Waals surface area contributed by atoms with Crippen molar-refractivity contribution in [3.63, 3.8) is 0 Å². The highest BCUT2D eigenvalue weighted by Gasteiger charge is 2.28. The molecule has 0 fully saturated rings. The van der Waals surface area contributed by atoms with Crippen LogP contribution in [0.15, 0.2) is 66.7 Å². The molecule has 0 bridgehead atoms. The molecule has 10 heteroatoms. The van der Waals surface area contributed by atoms with E-state index >= 15 is 0 Å². The second-order valence-corrected chi connectivity index (χ2v) is 9.87. The Bertz CT molecular complexity index is 1470. The summed E-state index contributed by atoms with van der Waals surface area (Å²) in [6, 6.07) is 18.2. The Morgan fingerprint density at radius 2 is 1.62 bits per heavy atom. The van der Waals surface area contributed by atoms with Crippen molar-refractivity contribution in [3.05, 3.63) is 104 Å². The normalized spacial score (nSPS) is 11.7. The second-order valence-electron chi connectivity index (χ2n) is 8.18. The first kappa shape index (κ1) is 27.0. The fraction of sp³-hybridized carbons (Fsp3) is 0.148. The van der Waals surface area contributed by atoms with Crippen molar-refractivity contribution in [2.24, 2.45) is 0 Å². The van der Waals surface area contributed by atoms with Crippen LogP contribution in [0.25, 0.3) is 16.9 Å². The lowest BCUT2D eigenvalue weighted by Crippen LogP contribution is -2.43. The standard InChI is InChI=1S/C27H21Cl4N3O3/c1-15-24(26(35)32-22(27(36)37-2)13-17-5-3-4-6-20(17)30)33-34(23-12-11-19(29)14-21(23)31)25(15)16-7-9-18(28)10-8-16/h3-12,14,22H,13H2,1-2H3,(H,32,35)/t22-/m0/s1. The number of ether oxygens (including phenoxy) is 1. The molecule has 0 saturated carbocycles. The monoisotopic (exact) mass is 575 g/mol. The van der Waals surface area contributed by atoms with E-state index in [0.717, 1.165) is 5.56 Å². The van der Waals surface area contributed by atoms with Crippen LogP contribution in [0.4, 0.5) is 0 Å². The van der Waals surface area contributed by atoms with Crippen LogP contribution >= 0.6 is 46.4 Å². The molecule has 37 heavy (non-hydrogen) atoms. The number of hydrogen-bond acceptors (Lipinski definition) is 4. The van der Waals surface area contributed by atoms with Crippen molar-refractivity contribution in [2.45, 2.75) is 19.4 Å². The number of carbonyl (C=O) groups is 2. The maximum atomic E-state index is 13.5. The number of aromatic nitrogens is 2. The predicted octanol–water partition coefficient (Wildman–Crippen LogP) is 6.98. The van der Waals surface area contributed by atoms with Gasteiger partial charge in [-0.2, -0.15) is 5.10 Å². The molecule has 4 aromatic rings. The third kappa shape index (κ3) is 5.94. The molecule has 1 amide bonds. The van der Waals surface area contributed by atoms with E-state index in [1.165, 1.54) is 7.11 Å². The van der Waals surface area contributed by atoms with Crippen molar-refractivity contribution in [3.8, 4) is 16.9 Å².